The molecule has 0 aliphatic carbocycles. The zero-order chi connectivity index (χ0) is 15.0. The van der Waals surface area contributed by atoms with Crippen LogP contribution in [0, 0.1) is 23.3 Å². The second-order valence-corrected chi connectivity index (χ2v) is 4.76. The van der Waals surface area contributed by atoms with Gasteiger partial charge >= 0.3 is 0 Å². The molecule has 2 rings (SSSR count). The first-order valence-corrected chi connectivity index (χ1v) is 6.05. The Bertz CT molecular complexity index is 718. The number of carbonyl (C=O) groups excluding carboxylic acids is 1. The fraction of sp³-hybridized carbons (Fsp3) is 0. The maximum absolute atomic E-state index is 13.7. The van der Waals surface area contributed by atoms with Crippen LogP contribution in [0.15, 0.2) is 28.7 Å². The van der Waals surface area contributed by atoms with Crippen molar-refractivity contribution in [2.45, 2.75) is 0 Å². The van der Waals surface area contributed by atoms with E-state index in [2.05, 4.69) is 15.9 Å². The molecular formula is C13H6BrF4NO. The van der Waals surface area contributed by atoms with Crippen LogP contribution in [0.1, 0.15) is 15.9 Å². The van der Waals surface area contributed by atoms with Crippen LogP contribution in [0.5, 0.6) is 0 Å². The molecule has 0 spiro atoms. The molecule has 0 aliphatic rings. The molecule has 2 aromatic rings. The Balaban J connectivity index is 2.64. The lowest BCUT2D eigenvalue weighted by molar-refractivity contribution is 0.102. The molecule has 0 saturated heterocycles. The largest absolute Gasteiger partial charge is 0.396 e. The summed E-state index contributed by atoms with van der Waals surface area (Å²) >= 11 is 2.73. The molecule has 0 saturated carbocycles. The van der Waals surface area contributed by atoms with Gasteiger partial charge in [-0.05, 0) is 40.2 Å². The number of rotatable bonds is 2. The van der Waals surface area contributed by atoms with Crippen LogP contribution in [-0.2, 0) is 0 Å². The summed E-state index contributed by atoms with van der Waals surface area (Å²) in [4.78, 5) is 12.0. The molecule has 104 valence electrons. The predicted molar refractivity (Wildman–Crippen MR) is 68.3 cm³/mol. The standard InChI is InChI=1S/C13H6BrF4NO/c14-6-4-8(16)5(3-9(6)17)13(20)11-7(15)1-2-10(19)12(11)18/h1-4H,19H2. The number of hydrogen-bond donors (Lipinski definition) is 1. The molecule has 7 heteroatoms. The lowest BCUT2D eigenvalue weighted by Gasteiger charge is -2.08. The lowest BCUT2D eigenvalue weighted by Crippen LogP contribution is -2.11. The summed E-state index contributed by atoms with van der Waals surface area (Å²) < 4.78 is 54.0. The van der Waals surface area contributed by atoms with Crippen LogP contribution in [0.2, 0.25) is 0 Å². The van der Waals surface area contributed by atoms with Crippen LogP contribution in [0.3, 0.4) is 0 Å². The summed E-state index contributed by atoms with van der Waals surface area (Å²) in [6.45, 7) is 0. The van der Waals surface area contributed by atoms with Gasteiger partial charge in [-0.1, -0.05) is 0 Å². The van der Waals surface area contributed by atoms with E-state index in [0.717, 1.165) is 12.1 Å². The zero-order valence-electron chi connectivity index (χ0n) is 9.68. The molecule has 0 aromatic heterocycles. The van der Waals surface area contributed by atoms with Gasteiger partial charge in [0.15, 0.2) is 5.82 Å². The van der Waals surface area contributed by atoms with Crippen molar-refractivity contribution in [2.24, 2.45) is 0 Å². The highest BCUT2D eigenvalue weighted by Gasteiger charge is 2.24. The number of benzene rings is 2. The number of anilines is 1. The minimum absolute atomic E-state index is 0.208. The average molecular weight is 348 g/mol. The van der Waals surface area contributed by atoms with E-state index in [4.69, 9.17) is 5.73 Å². The van der Waals surface area contributed by atoms with Gasteiger partial charge < -0.3 is 5.73 Å². The number of halogens is 5. The van der Waals surface area contributed by atoms with E-state index in [0.29, 0.717) is 12.1 Å². The van der Waals surface area contributed by atoms with Crippen molar-refractivity contribution in [1.82, 2.24) is 0 Å². The van der Waals surface area contributed by atoms with Gasteiger partial charge in [0.1, 0.15) is 17.5 Å². The Morgan fingerprint density at radius 3 is 2.30 bits per heavy atom. The van der Waals surface area contributed by atoms with Gasteiger partial charge in [0.25, 0.3) is 0 Å². The van der Waals surface area contributed by atoms with Gasteiger partial charge in [-0.25, -0.2) is 17.6 Å². The third-order valence-corrected chi connectivity index (χ3v) is 3.21. The number of nitrogen functional groups attached to an aromatic ring is 1. The van der Waals surface area contributed by atoms with Crippen molar-refractivity contribution < 1.29 is 22.4 Å². The Hall–Kier alpha value is -1.89. The van der Waals surface area contributed by atoms with E-state index in [1.807, 2.05) is 0 Å². The lowest BCUT2D eigenvalue weighted by atomic mass is 10.0. The van der Waals surface area contributed by atoms with E-state index >= 15 is 0 Å². The van der Waals surface area contributed by atoms with Gasteiger partial charge in [0, 0.05) is 0 Å². The van der Waals surface area contributed by atoms with Crippen LogP contribution in [-0.4, -0.2) is 5.78 Å². The average Bonchev–Trinajstić information content (AvgIpc) is 2.38. The van der Waals surface area contributed by atoms with E-state index in [1.165, 1.54) is 0 Å². The van der Waals surface area contributed by atoms with Crippen molar-refractivity contribution >= 4 is 27.4 Å². The fourth-order valence-corrected chi connectivity index (χ4v) is 1.92. The van der Waals surface area contributed by atoms with Crippen molar-refractivity contribution in [3.63, 3.8) is 0 Å². The second-order valence-electron chi connectivity index (χ2n) is 3.90. The van der Waals surface area contributed by atoms with E-state index < -0.39 is 45.9 Å². The second kappa shape index (κ2) is 5.24. The summed E-state index contributed by atoms with van der Waals surface area (Å²) in [5, 5.41) is 0. The molecule has 2 aromatic carbocycles. The number of carbonyl (C=O) groups is 1. The summed E-state index contributed by atoms with van der Waals surface area (Å²) in [6.07, 6.45) is 0. The molecule has 0 fully saturated rings. The first-order valence-electron chi connectivity index (χ1n) is 5.25. The zero-order valence-corrected chi connectivity index (χ0v) is 11.3. The van der Waals surface area contributed by atoms with E-state index in [9.17, 15) is 22.4 Å². The van der Waals surface area contributed by atoms with Crippen molar-refractivity contribution in [1.29, 1.82) is 0 Å². The first kappa shape index (κ1) is 14.5. The fourth-order valence-electron chi connectivity index (χ4n) is 1.61. The Labute approximate surface area is 119 Å². The monoisotopic (exact) mass is 347 g/mol. The number of hydrogen-bond acceptors (Lipinski definition) is 2. The SMILES string of the molecule is Nc1ccc(F)c(C(=O)c2cc(F)c(Br)cc2F)c1F. The van der Waals surface area contributed by atoms with Crippen LogP contribution >= 0.6 is 15.9 Å². The van der Waals surface area contributed by atoms with Crippen LogP contribution in [0.4, 0.5) is 23.2 Å². The molecule has 0 bridgehead atoms. The molecule has 20 heavy (non-hydrogen) atoms. The third kappa shape index (κ3) is 2.40. The van der Waals surface area contributed by atoms with Crippen molar-refractivity contribution in [3.8, 4) is 0 Å². The van der Waals surface area contributed by atoms with E-state index in [1.54, 1.807) is 0 Å². The highest BCUT2D eigenvalue weighted by molar-refractivity contribution is 9.10. The quantitative estimate of drug-likeness (QED) is 0.388. The summed E-state index contributed by atoms with van der Waals surface area (Å²) in [7, 11) is 0. The molecule has 0 atom stereocenters. The molecule has 0 aliphatic heterocycles. The molecule has 0 heterocycles. The maximum atomic E-state index is 13.7. The molecule has 0 amide bonds. The summed E-state index contributed by atoms with van der Waals surface area (Å²) in [6, 6.07) is 2.97. The van der Waals surface area contributed by atoms with Crippen LogP contribution in [0.25, 0.3) is 0 Å². The molecule has 0 radical (unpaired) electrons. The van der Waals surface area contributed by atoms with Crippen molar-refractivity contribution in [3.05, 3.63) is 63.1 Å². The van der Waals surface area contributed by atoms with Crippen LogP contribution < -0.4 is 5.73 Å². The number of ketones is 1. The number of nitrogens with two attached hydrogens (primary N) is 1. The first-order chi connectivity index (χ1) is 9.32. The highest BCUT2D eigenvalue weighted by Crippen LogP contribution is 2.25. The molecule has 2 nitrogen and oxygen atoms in total. The van der Waals surface area contributed by atoms with E-state index in [-0.39, 0.29) is 4.47 Å². The summed E-state index contributed by atoms with van der Waals surface area (Å²) in [5.41, 5.74) is 2.96. The summed E-state index contributed by atoms with van der Waals surface area (Å²) in [5.74, 6) is -5.87. The smallest absolute Gasteiger partial charge is 0.202 e. The normalized spacial score (nSPS) is 10.7. The Morgan fingerprint density at radius 2 is 1.65 bits per heavy atom. The Morgan fingerprint density at radius 1 is 1.00 bits per heavy atom. The predicted octanol–water partition coefficient (Wildman–Crippen LogP) is 3.82. The van der Waals surface area contributed by atoms with Gasteiger partial charge in [0.2, 0.25) is 5.78 Å². The van der Waals surface area contributed by atoms with Gasteiger partial charge in [-0.15, -0.1) is 0 Å². The molecule has 0 unspecified atom stereocenters. The topological polar surface area (TPSA) is 43.1 Å². The van der Waals surface area contributed by atoms with Gasteiger partial charge in [-0.2, -0.15) is 0 Å². The Kier molecular flexibility index (Phi) is 3.80. The highest BCUT2D eigenvalue weighted by atomic mass is 79.9. The maximum Gasteiger partial charge on any atom is 0.202 e. The minimum Gasteiger partial charge on any atom is -0.396 e. The van der Waals surface area contributed by atoms with Gasteiger partial charge in [0.05, 0.1) is 21.3 Å². The van der Waals surface area contributed by atoms with Crippen molar-refractivity contribution in [2.75, 3.05) is 5.73 Å². The molecule has 2 N–H and O–H groups in total. The van der Waals surface area contributed by atoms with Gasteiger partial charge in [-0.3, -0.25) is 4.79 Å². The third-order valence-electron chi connectivity index (χ3n) is 2.60. The minimum atomic E-state index is -1.32. The molecular weight excluding hydrogens is 342 g/mol.